The molecule has 0 unspecified atom stereocenters. The molecule has 0 saturated heterocycles. The number of imidazole rings is 1. The number of para-hydroxylation sites is 2. The largest absolute Gasteiger partial charge is 0.333 e. The Morgan fingerprint density at radius 1 is 1.26 bits per heavy atom. The standard InChI is InChI=1S/C15H23N3S/c1-12(2)11-16-9-5-6-10-19-15-17-13-7-3-4-8-14(13)18-15/h3-4,7-8,12,16H,5-6,9-11H2,1-2H3,(H,17,18). The fourth-order valence-electron chi connectivity index (χ4n) is 1.91. The van der Waals surface area contributed by atoms with Gasteiger partial charge in [0.05, 0.1) is 11.0 Å². The van der Waals surface area contributed by atoms with Crippen molar-refractivity contribution in [1.29, 1.82) is 0 Å². The summed E-state index contributed by atoms with van der Waals surface area (Å²) in [7, 11) is 0. The van der Waals surface area contributed by atoms with Crippen molar-refractivity contribution in [1.82, 2.24) is 15.3 Å². The normalized spacial score (nSPS) is 11.5. The van der Waals surface area contributed by atoms with Crippen molar-refractivity contribution in [3.8, 4) is 0 Å². The molecule has 0 fully saturated rings. The maximum absolute atomic E-state index is 4.56. The first-order valence-electron chi connectivity index (χ1n) is 7.04. The van der Waals surface area contributed by atoms with Crippen LogP contribution < -0.4 is 5.32 Å². The van der Waals surface area contributed by atoms with E-state index in [1.54, 1.807) is 0 Å². The van der Waals surface area contributed by atoms with Crippen molar-refractivity contribution < 1.29 is 0 Å². The fourth-order valence-corrected chi connectivity index (χ4v) is 2.80. The number of hydrogen-bond donors (Lipinski definition) is 2. The van der Waals surface area contributed by atoms with Crippen LogP contribution in [0.4, 0.5) is 0 Å². The van der Waals surface area contributed by atoms with E-state index < -0.39 is 0 Å². The highest BCUT2D eigenvalue weighted by Crippen LogP contribution is 2.19. The summed E-state index contributed by atoms with van der Waals surface area (Å²) in [5.74, 6) is 1.87. The predicted molar refractivity (Wildman–Crippen MR) is 83.8 cm³/mol. The third kappa shape index (κ3) is 4.88. The zero-order valence-electron chi connectivity index (χ0n) is 11.8. The van der Waals surface area contributed by atoms with Crippen LogP contribution in [0.3, 0.4) is 0 Å². The number of unbranched alkanes of at least 4 members (excludes halogenated alkanes) is 1. The Labute approximate surface area is 119 Å². The van der Waals surface area contributed by atoms with Crippen LogP contribution in [0.2, 0.25) is 0 Å². The van der Waals surface area contributed by atoms with E-state index in [0.717, 1.165) is 41.0 Å². The minimum absolute atomic E-state index is 0.741. The van der Waals surface area contributed by atoms with Gasteiger partial charge in [0.15, 0.2) is 5.16 Å². The van der Waals surface area contributed by atoms with Crippen molar-refractivity contribution in [3.63, 3.8) is 0 Å². The summed E-state index contributed by atoms with van der Waals surface area (Å²) in [4.78, 5) is 7.91. The average molecular weight is 277 g/mol. The number of nitrogens with zero attached hydrogens (tertiary/aromatic N) is 1. The van der Waals surface area contributed by atoms with Gasteiger partial charge < -0.3 is 10.3 Å². The van der Waals surface area contributed by atoms with Crippen molar-refractivity contribution in [2.45, 2.75) is 31.8 Å². The molecule has 19 heavy (non-hydrogen) atoms. The van der Waals surface area contributed by atoms with E-state index in [4.69, 9.17) is 0 Å². The maximum Gasteiger partial charge on any atom is 0.166 e. The number of aromatic amines is 1. The minimum atomic E-state index is 0.741. The van der Waals surface area contributed by atoms with Gasteiger partial charge in [-0.2, -0.15) is 0 Å². The molecule has 4 heteroatoms. The number of thioether (sulfide) groups is 1. The fraction of sp³-hybridized carbons (Fsp3) is 0.533. The van der Waals surface area contributed by atoms with Crippen molar-refractivity contribution in [2.75, 3.05) is 18.8 Å². The molecule has 0 atom stereocenters. The molecule has 0 aliphatic heterocycles. The summed E-state index contributed by atoms with van der Waals surface area (Å²) >= 11 is 1.82. The second-order valence-electron chi connectivity index (χ2n) is 5.21. The molecule has 104 valence electrons. The van der Waals surface area contributed by atoms with E-state index in [0.29, 0.717) is 0 Å². The van der Waals surface area contributed by atoms with E-state index >= 15 is 0 Å². The second-order valence-corrected chi connectivity index (χ2v) is 6.30. The van der Waals surface area contributed by atoms with Crippen LogP contribution in [0.5, 0.6) is 0 Å². The lowest BCUT2D eigenvalue weighted by molar-refractivity contribution is 0.541. The Hall–Kier alpha value is -1.00. The van der Waals surface area contributed by atoms with Crippen molar-refractivity contribution in [2.24, 2.45) is 5.92 Å². The van der Waals surface area contributed by atoms with Crippen LogP contribution in [-0.2, 0) is 0 Å². The first-order chi connectivity index (χ1) is 9.25. The molecule has 2 aromatic rings. The van der Waals surface area contributed by atoms with Gasteiger partial charge in [-0.25, -0.2) is 4.98 Å². The molecule has 0 bridgehead atoms. The van der Waals surface area contributed by atoms with Crippen LogP contribution in [0, 0.1) is 5.92 Å². The number of fused-ring (bicyclic) bond motifs is 1. The molecule has 3 nitrogen and oxygen atoms in total. The second kappa shape index (κ2) is 7.56. The Morgan fingerprint density at radius 3 is 2.89 bits per heavy atom. The van der Waals surface area contributed by atoms with E-state index in [1.807, 2.05) is 30.0 Å². The molecule has 0 amide bonds. The number of rotatable bonds is 8. The summed E-state index contributed by atoms with van der Waals surface area (Å²) in [6, 6.07) is 8.18. The highest BCUT2D eigenvalue weighted by atomic mass is 32.2. The monoisotopic (exact) mass is 277 g/mol. The molecule has 1 aromatic carbocycles. The summed E-state index contributed by atoms with van der Waals surface area (Å²) in [5.41, 5.74) is 2.19. The molecule has 1 aromatic heterocycles. The van der Waals surface area contributed by atoms with E-state index in [-0.39, 0.29) is 0 Å². The number of benzene rings is 1. The molecular formula is C15H23N3S. The molecule has 0 aliphatic rings. The predicted octanol–water partition coefficient (Wildman–Crippen LogP) is 3.68. The van der Waals surface area contributed by atoms with Gasteiger partial charge in [-0.1, -0.05) is 37.7 Å². The van der Waals surface area contributed by atoms with Gasteiger partial charge in [0.2, 0.25) is 0 Å². The first kappa shape index (κ1) is 14.4. The Kier molecular flexibility index (Phi) is 5.73. The van der Waals surface area contributed by atoms with Crippen LogP contribution in [0.25, 0.3) is 11.0 Å². The van der Waals surface area contributed by atoms with E-state index in [9.17, 15) is 0 Å². The summed E-state index contributed by atoms with van der Waals surface area (Å²) in [6.45, 7) is 6.73. The first-order valence-corrected chi connectivity index (χ1v) is 8.02. The van der Waals surface area contributed by atoms with Crippen molar-refractivity contribution in [3.05, 3.63) is 24.3 Å². The molecule has 1 heterocycles. The SMILES string of the molecule is CC(C)CNCCCCSc1nc2ccccc2[nH]1. The number of hydrogen-bond acceptors (Lipinski definition) is 3. The molecule has 0 aliphatic carbocycles. The average Bonchev–Trinajstić information content (AvgIpc) is 2.79. The quantitative estimate of drug-likeness (QED) is 0.571. The number of nitrogens with one attached hydrogen (secondary N) is 2. The van der Waals surface area contributed by atoms with Gasteiger partial charge in [-0.15, -0.1) is 0 Å². The van der Waals surface area contributed by atoms with Crippen LogP contribution in [-0.4, -0.2) is 28.8 Å². The maximum atomic E-state index is 4.56. The molecule has 0 radical (unpaired) electrons. The van der Waals surface area contributed by atoms with Gasteiger partial charge in [-0.05, 0) is 44.0 Å². The third-order valence-electron chi connectivity index (χ3n) is 2.91. The van der Waals surface area contributed by atoms with Gasteiger partial charge in [0.1, 0.15) is 0 Å². The summed E-state index contributed by atoms with van der Waals surface area (Å²) in [5, 5.41) is 4.51. The third-order valence-corrected chi connectivity index (χ3v) is 3.87. The van der Waals surface area contributed by atoms with Gasteiger partial charge in [-0.3, -0.25) is 0 Å². The summed E-state index contributed by atoms with van der Waals surface area (Å²) < 4.78 is 0. The van der Waals surface area contributed by atoms with Crippen LogP contribution in [0.15, 0.2) is 29.4 Å². The Bertz CT molecular complexity index is 460. The molecule has 2 N–H and O–H groups in total. The lowest BCUT2D eigenvalue weighted by Gasteiger charge is -2.06. The lowest BCUT2D eigenvalue weighted by Crippen LogP contribution is -2.20. The summed E-state index contributed by atoms with van der Waals surface area (Å²) in [6.07, 6.45) is 2.47. The zero-order valence-corrected chi connectivity index (χ0v) is 12.6. The highest BCUT2D eigenvalue weighted by Gasteiger charge is 2.01. The molecule has 2 rings (SSSR count). The smallest absolute Gasteiger partial charge is 0.166 e. The van der Waals surface area contributed by atoms with Gasteiger partial charge in [0.25, 0.3) is 0 Å². The number of H-pyrrole nitrogens is 1. The Balaban J connectivity index is 1.63. The minimum Gasteiger partial charge on any atom is -0.333 e. The van der Waals surface area contributed by atoms with E-state index in [2.05, 4.69) is 35.2 Å². The van der Waals surface area contributed by atoms with Crippen LogP contribution >= 0.6 is 11.8 Å². The lowest BCUT2D eigenvalue weighted by atomic mass is 10.2. The highest BCUT2D eigenvalue weighted by molar-refractivity contribution is 7.99. The van der Waals surface area contributed by atoms with E-state index in [1.165, 1.54) is 12.8 Å². The molecule has 0 saturated carbocycles. The molecule has 0 spiro atoms. The number of aromatic nitrogens is 2. The zero-order chi connectivity index (χ0) is 13.5. The van der Waals surface area contributed by atoms with Gasteiger partial charge >= 0.3 is 0 Å². The van der Waals surface area contributed by atoms with Crippen molar-refractivity contribution >= 4 is 22.8 Å². The molecular weight excluding hydrogens is 254 g/mol. The Morgan fingerprint density at radius 2 is 2.11 bits per heavy atom. The van der Waals surface area contributed by atoms with Crippen LogP contribution in [0.1, 0.15) is 26.7 Å². The van der Waals surface area contributed by atoms with Gasteiger partial charge in [0, 0.05) is 5.75 Å². The topological polar surface area (TPSA) is 40.7 Å².